The van der Waals surface area contributed by atoms with Gasteiger partial charge in [-0.3, -0.25) is 4.79 Å². The van der Waals surface area contributed by atoms with Crippen molar-refractivity contribution < 1.29 is 13.2 Å². The number of amides is 1. The van der Waals surface area contributed by atoms with Crippen LogP contribution in [0.2, 0.25) is 0 Å². The van der Waals surface area contributed by atoms with Crippen molar-refractivity contribution in [2.45, 2.75) is 13.3 Å². The Labute approximate surface area is 102 Å². The normalized spacial score (nSPS) is 17.9. The predicted molar refractivity (Wildman–Crippen MR) is 64.7 cm³/mol. The highest BCUT2D eigenvalue weighted by Crippen LogP contribution is 1.98. The molecule has 0 aromatic heterocycles. The molecule has 0 radical (unpaired) electrons. The van der Waals surface area contributed by atoms with Crippen LogP contribution in [0.3, 0.4) is 0 Å². The fourth-order valence-corrected chi connectivity index (χ4v) is 2.62. The minimum atomic E-state index is -3.52. The molecule has 0 aromatic carbocycles. The molecular formula is C9H20N4O3S. The van der Waals surface area contributed by atoms with Crippen molar-refractivity contribution >= 4 is 16.1 Å². The van der Waals surface area contributed by atoms with Gasteiger partial charge in [-0.05, 0) is 6.42 Å². The van der Waals surface area contributed by atoms with Gasteiger partial charge in [0, 0.05) is 32.7 Å². The molecule has 0 saturated carbocycles. The van der Waals surface area contributed by atoms with Crippen molar-refractivity contribution in [2.24, 2.45) is 0 Å². The van der Waals surface area contributed by atoms with E-state index in [1.807, 2.05) is 6.92 Å². The number of nitrogens with one attached hydrogen (secondary N) is 3. The Bertz CT molecular complexity index is 338. The second-order valence-corrected chi connectivity index (χ2v) is 5.58. The van der Waals surface area contributed by atoms with E-state index in [4.69, 9.17) is 0 Å². The average Bonchev–Trinajstić information content (AvgIpc) is 2.35. The van der Waals surface area contributed by atoms with Crippen LogP contribution in [0.5, 0.6) is 0 Å². The Morgan fingerprint density at radius 3 is 2.59 bits per heavy atom. The molecule has 0 unspecified atom stereocenters. The number of piperazine rings is 1. The van der Waals surface area contributed by atoms with E-state index < -0.39 is 10.2 Å². The molecule has 1 fully saturated rings. The molecule has 8 heteroatoms. The Morgan fingerprint density at radius 1 is 1.35 bits per heavy atom. The monoisotopic (exact) mass is 264 g/mol. The first-order chi connectivity index (χ1) is 8.06. The highest BCUT2D eigenvalue weighted by Gasteiger charge is 2.23. The van der Waals surface area contributed by atoms with E-state index in [-0.39, 0.29) is 12.5 Å². The molecule has 1 aliphatic heterocycles. The van der Waals surface area contributed by atoms with Crippen LogP contribution in [-0.4, -0.2) is 57.9 Å². The molecule has 1 heterocycles. The lowest BCUT2D eigenvalue weighted by atomic mass is 10.4. The molecule has 0 aromatic rings. The molecule has 100 valence electrons. The molecule has 0 atom stereocenters. The molecule has 7 nitrogen and oxygen atoms in total. The zero-order valence-corrected chi connectivity index (χ0v) is 10.8. The van der Waals surface area contributed by atoms with Crippen LogP contribution in [0.4, 0.5) is 0 Å². The third-order valence-electron chi connectivity index (χ3n) is 2.40. The number of nitrogens with zero attached hydrogens (tertiary/aromatic N) is 1. The topological polar surface area (TPSA) is 90.5 Å². The molecule has 1 saturated heterocycles. The van der Waals surface area contributed by atoms with Crippen molar-refractivity contribution in [3.05, 3.63) is 0 Å². The second-order valence-electron chi connectivity index (χ2n) is 3.83. The summed E-state index contributed by atoms with van der Waals surface area (Å²) in [5.74, 6) is -0.300. The van der Waals surface area contributed by atoms with Crippen molar-refractivity contribution in [1.82, 2.24) is 19.7 Å². The van der Waals surface area contributed by atoms with E-state index in [1.165, 1.54) is 4.31 Å². The highest BCUT2D eigenvalue weighted by atomic mass is 32.2. The molecule has 1 rings (SSSR count). The quantitative estimate of drug-likeness (QED) is 0.531. The number of rotatable bonds is 6. The maximum Gasteiger partial charge on any atom is 0.280 e. The van der Waals surface area contributed by atoms with E-state index in [9.17, 15) is 13.2 Å². The zero-order chi connectivity index (χ0) is 12.7. The van der Waals surface area contributed by atoms with Gasteiger partial charge in [-0.1, -0.05) is 6.92 Å². The van der Waals surface area contributed by atoms with Gasteiger partial charge in [0.1, 0.15) is 0 Å². The Hall–Kier alpha value is -0.700. The lowest BCUT2D eigenvalue weighted by molar-refractivity contribution is -0.119. The summed E-state index contributed by atoms with van der Waals surface area (Å²) in [6.45, 7) is 4.45. The first-order valence-corrected chi connectivity index (χ1v) is 7.22. The molecule has 0 bridgehead atoms. The van der Waals surface area contributed by atoms with E-state index in [0.29, 0.717) is 32.7 Å². The summed E-state index contributed by atoms with van der Waals surface area (Å²) in [6, 6.07) is 0. The largest absolute Gasteiger partial charge is 0.355 e. The van der Waals surface area contributed by atoms with Crippen LogP contribution < -0.4 is 15.4 Å². The number of carbonyl (C=O) groups excluding carboxylic acids is 1. The fraction of sp³-hybridized carbons (Fsp3) is 0.889. The van der Waals surface area contributed by atoms with Crippen LogP contribution in [-0.2, 0) is 15.0 Å². The molecule has 0 spiro atoms. The van der Waals surface area contributed by atoms with E-state index in [2.05, 4.69) is 15.4 Å². The third-order valence-corrected chi connectivity index (χ3v) is 3.96. The number of carbonyl (C=O) groups is 1. The van der Waals surface area contributed by atoms with Crippen LogP contribution >= 0.6 is 0 Å². The summed E-state index contributed by atoms with van der Waals surface area (Å²) in [5, 5.41) is 5.68. The predicted octanol–water partition coefficient (Wildman–Crippen LogP) is -1.75. The van der Waals surface area contributed by atoms with Crippen LogP contribution in [0.15, 0.2) is 0 Å². The first-order valence-electron chi connectivity index (χ1n) is 5.78. The molecule has 3 N–H and O–H groups in total. The van der Waals surface area contributed by atoms with Crippen molar-refractivity contribution in [2.75, 3.05) is 39.3 Å². The maximum atomic E-state index is 11.8. The summed E-state index contributed by atoms with van der Waals surface area (Å²) in [5.41, 5.74) is 0. The highest BCUT2D eigenvalue weighted by molar-refractivity contribution is 7.87. The molecule has 1 amide bonds. The summed E-state index contributed by atoms with van der Waals surface area (Å²) < 4.78 is 27.2. The van der Waals surface area contributed by atoms with Crippen molar-refractivity contribution in [3.63, 3.8) is 0 Å². The van der Waals surface area contributed by atoms with Crippen LogP contribution in [0.25, 0.3) is 0 Å². The third kappa shape index (κ3) is 4.99. The van der Waals surface area contributed by atoms with Gasteiger partial charge in [-0.2, -0.15) is 17.4 Å². The summed E-state index contributed by atoms with van der Waals surface area (Å²) >= 11 is 0. The van der Waals surface area contributed by atoms with Gasteiger partial charge in [0.05, 0.1) is 6.54 Å². The van der Waals surface area contributed by atoms with Gasteiger partial charge in [-0.25, -0.2) is 0 Å². The van der Waals surface area contributed by atoms with Crippen LogP contribution in [0, 0.1) is 0 Å². The summed E-state index contributed by atoms with van der Waals surface area (Å²) in [4.78, 5) is 11.3. The second kappa shape index (κ2) is 6.90. The molecule has 0 aliphatic carbocycles. The van der Waals surface area contributed by atoms with E-state index in [1.54, 1.807) is 0 Å². The van der Waals surface area contributed by atoms with E-state index in [0.717, 1.165) is 6.42 Å². The minimum Gasteiger partial charge on any atom is -0.355 e. The molecule has 1 aliphatic rings. The molecule has 17 heavy (non-hydrogen) atoms. The van der Waals surface area contributed by atoms with Gasteiger partial charge in [-0.15, -0.1) is 0 Å². The fourth-order valence-electron chi connectivity index (χ4n) is 1.46. The van der Waals surface area contributed by atoms with Crippen LogP contribution in [0.1, 0.15) is 13.3 Å². The lowest BCUT2D eigenvalue weighted by Gasteiger charge is -2.26. The van der Waals surface area contributed by atoms with Crippen molar-refractivity contribution in [3.8, 4) is 0 Å². The Balaban J connectivity index is 2.35. The van der Waals surface area contributed by atoms with E-state index >= 15 is 0 Å². The minimum absolute atomic E-state index is 0.202. The standard InChI is InChI=1S/C9H20N4O3S/c1-2-3-11-9(14)8-12-17(15,16)13-6-4-10-5-7-13/h10,12H,2-8H2,1H3,(H,11,14). The van der Waals surface area contributed by atoms with Gasteiger partial charge >= 0.3 is 0 Å². The van der Waals surface area contributed by atoms with Gasteiger partial charge in [0.2, 0.25) is 5.91 Å². The maximum absolute atomic E-state index is 11.8. The zero-order valence-electron chi connectivity index (χ0n) is 10.0. The smallest absolute Gasteiger partial charge is 0.280 e. The van der Waals surface area contributed by atoms with Gasteiger partial charge in [0.25, 0.3) is 10.2 Å². The number of hydrogen-bond acceptors (Lipinski definition) is 4. The summed E-state index contributed by atoms with van der Waals surface area (Å²) in [6.07, 6.45) is 0.830. The Morgan fingerprint density at radius 2 is 2.00 bits per heavy atom. The number of hydrogen-bond donors (Lipinski definition) is 3. The lowest BCUT2D eigenvalue weighted by Crippen LogP contribution is -2.51. The first kappa shape index (κ1) is 14.4. The SMILES string of the molecule is CCCNC(=O)CNS(=O)(=O)N1CCNCC1. The van der Waals surface area contributed by atoms with Crippen molar-refractivity contribution in [1.29, 1.82) is 0 Å². The Kier molecular flexibility index (Phi) is 5.83. The summed E-state index contributed by atoms with van der Waals surface area (Å²) in [7, 11) is -3.52. The van der Waals surface area contributed by atoms with Gasteiger partial charge in [0.15, 0.2) is 0 Å². The molecular weight excluding hydrogens is 244 g/mol. The van der Waals surface area contributed by atoms with Gasteiger partial charge < -0.3 is 10.6 Å². The average molecular weight is 264 g/mol.